The first kappa shape index (κ1) is 60.1. The van der Waals surface area contributed by atoms with E-state index in [0.717, 1.165) is 33.6 Å². The maximum absolute atomic E-state index is 5.80. The molecule has 0 atom stereocenters. The Hall–Kier alpha value is 1.46. The van der Waals surface area contributed by atoms with Gasteiger partial charge in [0.15, 0.2) is 0 Å². The van der Waals surface area contributed by atoms with Gasteiger partial charge in [0.25, 0.3) is 0 Å². The van der Waals surface area contributed by atoms with E-state index < -0.39 is 0 Å². The summed E-state index contributed by atoms with van der Waals surface area (Å²) in [7, 11) is 9.38. The van der Waals surface area contributed by atoms with Crippen LogP contribution in [-0.2, 0) is 0 Å². The van der Waals surface area contributed by atoms with Crippen LogP contribution in [0.5, 0.6) is 0 Å². The number of hydrogen-bond donors (Lipinski definition) is 0. The molecule has 0 rings (SSSR count). The molecule has 0 radical (unpaired) electrons. The summed E-state index contributed by atoms with van der Waals surface area (Å²) in [5, 5.41) is 0. The third kappa shape index (κ3) is 53.6. The Balaban J connectivity index is -0.000000427. The van der Waals surface area contributed by atoms with Crippen LogP contribution in [-0.4, -0.2) is 75.1 Å². The minimum atomic E-state index is 0. The minimum absolute atomic E-state index is 0. The number of alkyl halides is 2. The van der Waals surface area contributed by atoms with Crippen LogP contribution in [0, 0.1) is 0 Å². The molecule has 0 amide bonds. The zero-order chi connectivity index (χ0) is 37.3. The maximum Gasteiger partial charge on any atom is 0.0794 e. The average molecular weight is 910 g/mol. The van der Waals surface area contributed by atoms with Crippen LogP contribution in [0.15, 0.2) is 0 Å². The van der Waals surface area contributed by atoms with Gasteiger partial charge in [-0.2, -0.15) is 0 Å². The molecule has 0 aromatic carbocycles. The van der Waals surface area contributed by atoms with E-state index in [-0.39, 0.29) is 34.0 Å². The van der Waals surface area contributed by atoms with E-state index in [2.05, 4.69) is 42.0 Å². The molecule has 0 aliphatic heterocycles. The van der Waals surface area contributed by atoms with Gasteiger partial charge in [0.2, 0.25) is 0 Å². The Kier molecular flexibility index (Phi) is 56.2. The molecule has 52 heavy (non-hydrogen) atoms. The number of unbranched alkanes of at least 4 members (excludes halogenated alkanes) is 30. The van der Waals surface area contributed by atoms with Crippen LogP contribution in [0.3, 0.4) is 0 Å². The minimum Gasteiger partial charge on any atom is -1.00 e. The zero-order valence-electron chi connectivity index (χ0n) is 36.7. The molecule has 0 bridgehead atoms. The van der Waals surface area contributed by atoms with Gasteiger partial charge in [-0.25, -0.2) is 0 Å². The second kappa shape index (κ2) is 48.6. The molecule has 320 valence electrons. The van der Waals surface area contributed by atoms with E-state index in [1.807, 2.05) is 0 Å². The van der Waals surface area contributed by atoms with Gasteiger partial charge in [0, 0.05) is 24.6 Å². The molecule has 0 saturated heterocycles. The van der Waals surface area contributed by atoms with Crippen molar-refractivity contribution in [3.63, 3.8) is 0 Å². The predicted molar refractivity (Wildman–Crippen MR) is 233 cm³/mol. The van der Waals surface area contributed by atoms with Crippen LogP contribution >= 0.6 is 23.2 Å². The van der Waals surface area contributed by atoms with Crippen LogP contribution in [0.25, 0.3) is 0 Å². The van der Waals surface area contributed by atoms with Crippen LogP contribution in [0.2, 0.25) is 0 Å². The second-order valence-electron chi connectivity index (χ2n) is 17.5. The third-order valence-electron chi connectivity index (χ3n) is 11.0. The summed E-state index contributed by atoms with van der Waals surface area (Å²) in [6.45, 7) is 9.67. The first-order chi connectivity index (χ1) is 24.2. The van der Waals surface area contributed by atoms with Gasteiger partial charge in [-0.05, 0) is 25.7 Å². The lowest BCUT2D eigenvalue weighted by Crippen LogP contribution is -3.00. The van der Waals surface area contributed by atoms with Crippen LogP contribution in [0.4, 0.5) is 0 Å². The molecule has 6 heteroatoms. The van der Waals surface area contributed by atoms with Gasteiger partial charge in [0.05, 0.1) is 54.4 Å². The lowest BCUT2D eigenvalue weighted by atomic mass is 10.0. The van der Waals surface area contributed by atoms with E-state index in [1.54, 1.807) is 0 Å². The highest BCUT2D eigenvalue weighted by Gasteiger charge is 2.14. The summed E-state index contributed by atoms with van der Waals surface area (Å²) < 4.78 is 2.29. The van der Waals surface area contributed by atoms with Gasteiger partial charge in [0.1, 0.15) is 0 Å². The van der Waals surface area contributed by atoms with Gasteiger partial charge in [-0.3, -0.25) is 0 Å². The largest absolute Gasteiger partial charge is 1.00 e. The molecule has 0 aromatic heterocycles. The van der Waals surface area contributed by atoms with E-state index in [4.69, 9.17) is 23.2 Å². The highest BCUT2D eigenvalue weighted by atomic mass is 79.9. The fourth-order valence-electron chi connectivity index (χ4n) is 7.38. The predicted octanol–water partition coefficient (Wildman–Crippen LogP) is 9.91. The number of hydrogen-bond acceptors (Lipinski definition) is 0. The highest BCUT2D eigenvalue weighted by Crippen LogP contribution is 2.16. The lowest BCUT2D eigenvalue weighted by Gasteiger charge is -2.29. The summed E-state index contributed by atoms with van der Waals surface area (Å²) >= 11 is 11.6. The first-order valence-corrected chi connectivity index (χ1v) is 24.1. The monoisotopic (exact) mass is 907 g/mol. The molecular weight excluding hydrogens is 811 g/mol. The van der Waals surface area contributed by atoms with Crippen molar-refractivity contribution < 1.29 is 42.9 Å². The van der Waals surface area contributed by atoms with E-state index in [9.17, 15) is 0 Å². The molecule has 0 heterocycles. The van der Waals surface area contributed by atoms with Crippen molar-refractivity contribution in [2.24, 2.45) is 0 Å². The number of halogens is 4. The maximum atomic E-state index is 5.80. The normalized spacial score (nSPS) is 11.5. The molecule has 0 aliphatic rings. The van der Waals surface area contributed by atoms with Gasteiger partial charge >= 0.3 is 0 Å². The lowest BCUT2D eigenvalue weighted by molar-refractivity contribution is -0.890. The molecule has 0 unspecified atom stereocenters. The van der Waals surface area contributed by atoms with Crippen molar-refractivity contribution in [3.8, 4) is 0 Å². The fraction of sp³-hybridized carbons (Fsp3) is 1.00. The Morgan fingerprint density at radius 2 is 0.404 bits per heavy atom. The Labute approximate surface area is 362 Å². The zero-order valence-corrected chi connectivity index (χ0v) is 41.4. The standard InChI is InChI=1S/2C23H49ClN.2BrH/c2*1-4-5-6-7-8-9-10-11-12-13-14-15-16-17-18-19-22-25(2,3)23-20-21-24;;/h2*4-23H2,1-3H3;2*1H/q2*+1;;/p-2. The topological polar surface area (TPSA) is 0 Å². The molecule has 0 aromatic rings. The van der Waals surface area contributed by atoms with Gasteiger partial charge in [-0.15, -0.1) is 23.2 Å². The van der Waals surface area contributed by atoms with E-state index >= 15 is 0 Å². The summed E-state index contributed by atoms with van der Waals surface area (Å²) in [5.74, 6) is 1.61. The fourth-order valence-corrected chi connectivity index (χ4v) is 7.61. The van der Waals surface area contributed by atoms with Crippen LogP contribution < -0.4 is 34.0 Å². The summed E-state index contributed by atoms with van der Waals surface area (Å²) in [5.41, 5.74) is 0. The Bertz CT molecular complexity index is 569. The first-order valence-electron chi connectivity index (χ1n) is 23.0. The summed E-state index contributed by atoms with van der Waals surface area (Å²) in [6.07, 6.45) is 48.7. The number of rotatable bonds is 40. The molecule has 0 saturated carbocycles. The third-order valence-corrected chi connectivity index (χ3v) is 11.6. The van der Waals surface area contributed by atoms with Gasteiger partial charge in [-0.1, -0.05) is 194 Å². The highest BCUT2D eigenvalue weighted by molar-refractivity contribution is 6.18. The Morgan fingerprint density at radius 1 is 0.250 bits per heavy atom. The number of nitrogens with zero attached hydrogens (tertiary/aromatic N) is 2. The molecule has 0 aliphatic carbocycles. The molecular formula is C46H98Br2Cl2N2. The smallest absolute Gasteiger partial charge is 0.0794 e. The summed E-state index contributed by atoms with van der Waals surface area (Å²) in [6, 6.07) is 0. The van der Waals surface area contributed by atoms with Crippen molar-refractivity contribution in [1.82, 2.24) is 0 Å². The SMILES string of the molecule is CCCCCCCCCCCCCCCCCC[N+](C)(C)CCCCl.CCCCCCCCCCCCCCCCCC[N+](C)(C)CCCCl.[Br-].[Br-]. The molecule has 0 fully saturated rings. The van der Waals surface area contributed by atoms with Crippen LogP contribution in [0.1, 0.15) is 232 Å². The van der Waals surface area contributed by atoms with Gasteiger partial charge < -0.3 is 42.9 Å². The molecule has 0 N–H and O–H groups in total. The summed E-state index contributed by atoms with van der Waals surface area (Å²) in [4.78, 5) is 0. The quantitative estimate of drug-likeness (QED) is 0.0327. The van der Waals surface area contributed by atoms with E-state index in [1.165, 1.54) is 232 Å². The molecule has 0 spiro atoms. The Morgan fingerprint density at radius 3 is 0.577 bits per heavy atom. The second-order valence-corrected chi connectivity index (χ2v) is 18.2. The van der Waals surface area contributed by atoms with Crippen molar-refractivity contribution in [2.45, 2.75) is 232 Å². The van der Waals surface area contributed by atoms with E-state index in [0.29, 0.717) is 0 Å². The van der Waals surface area contributed by atoms with Crippen molar-refractivity contribution in [3.05, 3.63) is 0 Å². The average Bonchev–Trinajstić information content (AvgIpc) is 3.09. The van der Waals surface area contributed by atoms with Crippen molar-refractivity contribution in [2.75, 3.05) is 66.1 Å². The van der Waals surface area contributed by atoms with Crippen molar-refractivity contribution in [1.29, 1.82) is 0 Å². The molecule has 2 nitrogen and oxygen atoms in total. The number of quaternary nitrogens is 2. The van der Waals surface area contributed by atoms with Crippen molar-refractivity contribution >= 4 is 23.2 Å².